The van der Waals surface area contributed by atoms with Gasteiger partial charge < -0.3 is 9.80 Å². The van der Waals surface area contributed by atoms with Crippen LogP contribution in [-0.2, 0) is 31.1 Å². The number of rotatable bonds is 10. The molecule has 3 aliphatic carbocycles. The van der Waals surface area contributed by atoms with E-state index in [0.29, 0.717) is 0 Å². The van der Waals surface area contributed by atoms with E-state index in [-0.39, 0.29) is 0 Å². The van der Waals surface area contributed by atoms with Gasteiger partial charge in [0.2, 0.25) is 0 Å². The minimum absolute atomic E-state index is 0.624. The van der Waals surface area contributed by atoms with Crippen LogP contribution in [0.4, 0.5) is 34.1 Å². The third kappa shape index (κ3) is 6.55. The van der Waals surface area contributed by atoms with E-state index in [1.807, 2.05) is 0 Å². The van der Waals surface area contributed by atoms with Gasteiger partial charge in [-0.1, -0.05) is 170 Å². The summed E-state index contributed by atoms with van der Waals surface area (Å²) < 4.78 is 0. The Morgan fingerprint density at radius 3 is 0.940 bits per heavy atom. The maximum absolute atomic E-state index is 2.47. The summed E-state index contributed by atoms with van der Waals surface area (Å²) in [5.41, 5.74) is 24.5. The van der Waals surface area contributed by atoms with Gasteiger partial charge in [-0.3, -0.25) is 0 Å². The Kier molecular flexibility index (Phi) is 9.39. The number of aryl methyl sites for hydroxylation is 4. The molecule has 0 radical (unpaired) electrons. The lowest BCUT2D eigenvalue weighted by Crippen LogP contribution is -2.29. The number of hydrogen-bond donors (Lipinski definition) is 0. The second-order valence-electron chi connectivity index (χ2n) is 18.3. The lowest BCUT2D eigenvalue weighted by molar-refractivity contribution is 0.768. The zero-order chi connectivity index (χ0) is 44.3. The molecule has 13 rings (SSSR count). The average Bonchev–Trinajstić information content (AvgIpc) is 3.66. The van der Waals surface area contributed by atoms with Crippen molar-refractivity contribution in [1.29, 1.82) is 0 Å². The van der Waals surface area contributed by atoms with Gasteiger partial charge in [-0.2, -0.15) is 0 Å². The minimum atomic E-state index is -0.624. The summed E-state index contributed by atoms with van der Waals surface area (Å²) in [7, 11) is 0. The Balaban J connectivity index is 0.978. The summed E-state index contributed by atoms with van der Waals surface area (Å²) in [5.74, 6) is 0. The third-order valence-corrected chi connectivity index (χ3v) is 14.7. The highest BCUT2D eigenvalue weighted by Gasteiger charge is 2.47. The van der Waals surface area contributed by atoms with Crippen molar-refractivity contribution < 1.29 is 0 Å². The summed E-state index contributed by atoms with van der Waals surface area (Å²) in [6.45, 7) is 0. The smallest absolute Gasteiger partial charge is 0.0715 e. The molecule has 0 atom stereocenters. The molecule has 10 aromatic carbocycles. The van der Waals surface area contributed by atoms with Crippen molar-refractivity contribution in [2.75, 3.05) is 9.80 Å². The average molecular weight is 857 g/mol. The first kappa shape index (κ1) is 39.2. The predicted molar refractivity (Wildman–Crippen MR) is 279 cm³/mol. The number of fused-ring (bicyclic) bond motifs is 5. The molecule has 0 spiro atoms. The molecule has 67 heavy (non-hydrogen) atoms. The van der Waals surface area contributed by atoms with Gasteiger partial charge >= 0.3 is 0 Å². The molecule has 318 valence electrons. The highest BCUT2D eigenvalue weighted by atomic mass is 15.1. The van der Waals surface area contributed by atoms with Crippen molar-refractivity contribution in [2.24, 2.45) is 0 Å². The van der Waals surface area contributed by atoms with Crippen LogP contribution in [0.2, 0.25) is 0 Å². The summed E-state index contributed by atoms with van der Waals surface area (Å²) in [4.78, 5) is 4.83. The van der Waals surface area contributed by atoms with E-state index >= 15 is 0 Å². The van der Waals surface area contributed by atoms with Gasteiger partial charge in [-0.05, 0) is 176 Å². The molecule has 0 aromatic heterocycles. The quantitative estimate of drug-likeness (QED) is 0.135. The van der Waals surface area contributed by atoms with Crippen LogP contribution in [0.1, 0.15) is 44.5 Å². The van der Waals surface area contributed by atoms with Crippen molar-refractivity contribution in [3.05, 3.63) is 287 Å². The fraction of sp³-hybridized carbons (Fsp3) is 0.0769. The van der Waals surface area contributed by atoms with Gasteiger partial charge in [0, 0.05) is 34.1 Å². The van der Waals surface area contributed by atoms with Gasteiger partial charge in [-0.15, -0.1) is 0 Å². The van der Waals surface area contributed by atoms with Crippen LogP contribution in [0.3, 0.4) is 0 Å². The summed E-state index contributed by atoms with van der Waals surface area (Å²) >= 11 is 0. The molecule has 0 saturated heterocycles. The van der Waals surface area contributed by atoms with Crippen molar-refractivity contribution in [3.63, 3.8) is 0 Å². The van der Waals surface area contributed by atoms with Crippen molar-refractivity contribution in [3.8, 4) is 33.4 Å². The molecule has 0 heterocycles. The van der Waals surface area contributed by atoms with Crippen LogP contribution in [0.25, 0.3) is 33.4 Å². The van der Waals surface area contributed by atoms with Crippen LogP contribution >= 0.6 is 0 Å². The number of benzene rings is 10. The topological polar surface area (TPSA) is 6.48 Å². The molecular weight excluding hydrogens is 809 g/mol. The SMILES string of the molecule is c1ccc(N(c2ccc(-c3ccc4c(c3)CC4)cc2)c2ccc3c(c2)C(c2ccccc2)(c2ccccc2)c2cc(N(c4ccccc4)c4ccc(-c5ccc6c(c5)CC6)cc4)ccc2-3)cc1. The largest absolute Gasteiger partial charge is 0.310 e. The molecule has 0 aliphatic heterocycles. The van der Waals surface area contributed by atoms with Gasteiger partial charge in [-0.25, -0.2) is 0 Å². The minimum Gasteiger partial charge on any atom is -0.310 e. The molecule has 0 unspecified atom stereocenters. The number of para-hydroxylation sites is 2. The molecule has 0 fully saturated rings. The third-order valence-electron chi connectivity index (χ3n) is 14.7. The number of nitrogens with zero attached hydrogens (tertiary/aromatic N) is 2. The van der Waals surface area contributed by atoms with E-state index in [9.17, 15) is 0 Å². The molecule has 10 aromatic rings. The van der Waals surface area contributed by atoms with E-state index < -0.39 is 5.41 Å². The lowest BCUT2D eigenvalue weighted by Gasteiger charge is -2.35. The molecule has 0 N–H and O–H groups in total. The first-order valence-corrected chi connectivity index (χ1v) is 23.7. The van der Waals surface area contributed by atoms with E-state index in [4.69, 9.17) is 0 Å². The van der Waals surface area contributed by atoms with Crippen molar-refractivity contribution in [1.82, 2.24) is 0 Å². The van der Waals surface area contributed by atoms with Crippen LogP contribution in [-0.4, -0.2) is 0 Å². The summed E-state index contributed by atoms with van der Waals surface area (Å²) in [6.07, 6.45) is 4.74. The van der Waals surface area contributed by atoms with Gasteiger partial charge in [0.15, 0.2) is 0 Å². The first-order chi connectivity index (χ1) is 33.2. The van der Waals surface area contributed by atoms with E-state index in [1.54, 1.807) is 0 Å². The summed E-state index contributed by atoms with van der Waals surface area (Å²) in [5, 5.41) is 0. The maximum Gasteiger partial charge on any atom is 0.0715 e. The highest BCUT2D eigenvalue weighted by molar-refractivity contribution is 5.92. The molecule has 0 amide bonds. The monoisotopic (exact) mass is 856 g/mol. The Bertz CT molecular complexity index is 3200. The van der Waals surface area contributed by atoms with Crippen LogP contribution in [0.15, 0.2) is 243 Å². The van der Waals surface area contributed by atoms with E-state index in [2.05, 4.69) is 252 Å². The molecular formula is C65H48N2. The fourth-order valence-corrected chi connectivity index (χ4v) is 11.1. The van der Waals surface area contributed by atoms with Crippen molar-refractivity contribution >= 4 is 34.1 Å². The van der Waals surface area contributed by atoms with Gasteiger partial charge in [0.1, 0.15) is 0 Å². The predicted octanol–water partition coefficient (Wildman–Crippen LogP) is 16.5. The first-order valence-electron chi connectivity index (χ1n) is 23.7. The van der Waals surface area contributed by atoms with Crippen LogP contribution < -0.4 is 9.80 Å². The van der Waals surface area contributed by atoms with Gasteiger partial charge in [0.25, 0.3) is 0 Å². The standard InChI is InChI=1S/C65H48N2/c1-5-13-53(14-6-1)65(54-15-7-2-8-16-54)63-43-59(66(55-17-9-3-10-18-55)57-33-29-47(30-34-57)51-27-23-45-21-25-49(45)41-51)37-39-61(63)62-40-38-60(44-64(62)65)67(56-19-11-4-12-20-56)58-35-31-48(32-36-58)52-28-24-46-22-26-50(46)42-52/h1-20,23-24,27-44H,21-22,25-26H2. The van der Waals surface area contributed by atoms with E-state index in [1.165, 1.54) is 104 Å². The lowest BCUT2D eigenvalue weighted by atomic mass is 9.67. The second-order valence-corrected chi connectivity index (χ2v) is 18.3. The Hall–Kier alpha value is -8.20. The normalized spacial score (nSPS) is 13.6. The van der Waals surface area contributed by atoms with Crippen LogP contribution in [0, 0.1) is 0 Å². The van der Waals surface area contributed by atoms with Crippen molar-refractivity contribution in [2.45, 2.75) is 31.1 Å². The molecule has 3 aliphatic rings. The molecule has 0 bridgehead atoms. The second kappa shape index (κ2) is 16.0. The number of anilines is 6. The Morgan fingerprint density at radius 2 is 0.582 bits per heavy atom. The maximum atomic E-state index is 2.47. The highest BCUT2D eigenvalue weighted by Crippen LogP contribution is 2.58. The Labute approximate surface area is 393 Å². The zero-order valence-corrected chi connectivity index (χ0v) is 37.3. The van der Waals surface area contributed by atoms with Gasteiger partial charge in [0.05, 0.1) is 5.41 Å². The fourth-order valence-electron chi connectivity index (χ4n) is 11.1. The van der Waals surface area contributed by atoms with Crippen LogP contribution in [0.5, 0.6) is 0 Å². The summed E-state index contributed by atoms with van der Waals surface area (Å²) in [6, 6.07) is 90.5. The molecule has 2 heteroatoms. The zero-order valence-electron chi connectivity index (χ0n) is 37.3. The molecule has 0 saturated carbocycles. The van der Waals surface area contributed by atoms with E-state index in [0.717, 1.165) is 34.1 Å². The Morgan fingerprint density at radius 1 is 0.254 bits per heavy atom. The number of hydrogen-bond acceptors (Lipinski definition) is 2. The molecule has 2 nitrogen and oxygen atoms in total.